The smallest absolute Gasteiger partial charge is 0.333 e. The third kappa shape index (κ3) is 3.44. The summed E-state index contributed by atoms with van der Waals surface area (Å²) in [6.45, 7) is 2.24. The molecule has 3 amide bonds. The molecule has 20 heavy (non-hydrogen) atoms. The van der Waals surface area contributed by atoms with E-state index in [4.69, 9.17) is 4.84 Å². The summed E-state index contributed by atoms with van der Waals surface area (Å²) in [5, 5.41) is 6.34. The summed E-state index contributed by atoms with van der Waals surface area (Å²) in [6.07, 6.45) is 2.87. The van der Waals surface area contributed by atoms with E-state index in [1.807, 2.05) is 6.07 Å². The number of carbonyl (C=O) groups is 2. The number of rotatable bonds is 3. The summed E-state index contributed by atoms with van der Waals surface area (Å²) >= 11 is 0. The molecule has 1 aromatic heterocycles. The molecule has 2 heterocycles. The lowest BCUT2D eigenvalue weighted by molar-refractivity contribution is -0.131. The zero-order chi connectivity index (χ0) is 14.4. The predicted octanol–water partition coefficient (Wildman–Crippen LogP) is -0.0751. The van der Waals surface area contributed by atoms with Crippen molar-refractivity contribution in [3.63, 3.8) is 0 Å². The molecule has 0 spiro atoms. The quantitative estimate of drug-likeness (QED) is 0.672. The maximum absolute atomic E-state index is 11.8. The molecule has 0 aromatic carbocycles. The minimum absolute atomic E-state index is 0.328. The molecule has 0 unspecified atom stereocenters. The van der Waals surface area contributed by atoms with Gasteiger partial charge in [0, 0.05) is 30.9 Å². The minimum Gasteiger partial charge on any atom is -0.382 e. The van der Waals surface area contributed by atoms with Crippen molar-refractivity contribution in [2.24, 2.45) is 5.16 Å². The lowest BCUT2D eigenvalue weighted by Gasteiger charge is -2.10. The van der Waals surface area contributed by atoms with Gasteiger partial charge >= 0.3 is 6.03 Å². The Balaban J connectivity index is 1.82. The van der Waals surface area contributed by atoms with Gasteiger partial charge in [0.2, 0.25) is 6.10 Å². The number of hydrogen-bond acceptors (Lipinski definition) is 5. The topological polar surface area (TPSA) is 105 Å². The van der Waals surface area contributed by atoms with Crippen molar-refractivity contribution in [2.45, 2.75) is 19.4 Å². The Hall–Kier alpha value is -2.64. The van der Waals surface area contributed by atoms with E-state index >= 15 is 0 Å². The van der Waals surface area contributed by atoms with Crippen LogP contribution in [0.1, 0.15) is 18.9 Å². The third-order valence-corrected chi connectivity index (χ3v) is 2.59. The van der Waals surface area contributed by atoms with Crippen molar-refractivity contribution >= 4 is 17.6 Å². The highest BCUT2D eigenvalue weighted by Gasteiger charge is 2.29. The van der Waals surface area contributed by atoms with Gasteiger partial charge in [0.05, 0.1) is 5.71 Å². The average Bonchev–Trinajstić information content (AvgIpc) is 2.96. The maximum Gasteiger partial charge on any atom is 0.333 e. The van der Waals surface area contributed by atoms with Crippen molar-refractivity contribution < 1.29 is 14.4 Å². The molecular formula is C12H15N5O3. The van der Waals surface area contributed by atoms with Crippen LogP contribution in [0.2, 0.25) is 0 Å². The Morgan fingerprint density at radius 1 is 1.45 bits per heavy atom. The lowest BCUT2D eigenvalue weighted by Crippen LogP contribution is -2.50. The SMILES string of the molecule is CCNC(=O)NNC(=O)[C@H]1CC(c2cccnc2)=NO1. The van der Waals surface area contributed by atoms with Gasteiger partial charge in [-0.25, -0.2) is 10.2 Å². The zero-order valence-electron chi connectivity index (χ0n) is 10.9. The van der Waals surface area contributed by atoms with Crippen LogP contribution in [-0.2, 0) is 9.63 Å². The molecule has 0 bridgehead atoms. The highest BCUT2D eigenvalue weighted by molar-refractivity contribution is 6.03. The van der Waals surface area contributed by atoms with E-state index in [1.54, 1.807) is 25.4 Å². The summed E-state index contributed by atoms with van der Waals surface area (Å²) in [5.41, 5.74) is 5.94. The van der Waals surface area contributed by atoms with Crippen LogP contribution in [0.4, 0.5) is 4.79 Å². The highest BCUT2D eigenvalue weighted by Crippen LogP contribution is 2.15. The highest BCUT2D eigenvalue weighted by atomic mass is 16.6. The molecule has 106 valence electrons. The Morgan fingerprint density at radius 2 is 2.30 bits per heavy atom. The van der Waals surface area contributed by atoms with E-state index in [-0.39, 0.29) is 0 Å². The standard InChI is InChI=1S/C12H15N5O3/c1-2-14-12(19)16-15-11(18)10-6-9(17-20-10)8-4-3-5-13-7-8/h3-5,7,10H,2,6H2,1H3,(H,15,18)(H2,14,16,19)/t10-/m1/s1. The fraction of sp³-hybridized carbons (Fsp3) is 0.333. The van der Waals surface area contributed by atoms with E-state index in [9.17, 15) is 9.59 Å². The van der Waals surface area contributed by atoms with Gasteiger partial charge in [-0.1, -0.05) is 5.16 Å². The van der Waals surface area contributed by atoms with Gasteiger partial charge in [0.25, 0.3) is 5.91 Å². The molecule has 3 N–H and O–H groups in total. The van der Waals surface area contributed by atoms with E-state index in [0.717, 1.165) is 5.56 Å². The van der Waals surface area contributed by atoms with Crippen molar-refractivity contribution in [1.29, 1.82) is 0 Å². The molecule has 1 aliphatic heterocycles. The predicted molar refractivity (Wildman–Crippen MR) is 70.6 cm³/mol. The Bertz CT molecular complexity index is 517. The van der Waals surface area contributed by atoms with Crippen molar-refractivity contribution in [3.8, 4) is 0 Å². The Morgan fingerprint density at radius 3 is 3.00 bits per heavy atom. The number of aromatic nitrogens is 1. The van der Waals surface area contributed by atoms with E-state index in [2.05, 4.69) is 26.3 Å². The number of hydrogen-bond donors (Lipinski definition) is 3. The molecule has 0 saturated carbocycles. The van der Waals surface area contributed by atoms with Crippen LogP contribution < -0.4 is 16.2 Å². The van der Waals surface area contributed by atoms with Crippen LogP contribution in [0.3, 0.4) is 0 Å². The van der Waals surface area contributed by atoms with Gasteiger partial charge < -0.3 is 10.2 Å². The van der Waals surface area contributed by atoms with Crippen LogP contribution in [0, 0.1) is 0 Å². The summed E-state index contributed by atoms with van der Waals surface area (Å²) < 4.78 is 0. The third-order valence-electron chi connectivity index (χ3n) is 2.59. The van der Waals surface area contributed by atoms with Crippen molar-refractivity contribution in [3.05, 3.63) is 30.1 Å². The second-order valence-electron chi connectivity index (χ2n) is 4.05. The average molecular weight is 277 g/mol. The van der Waals surface area contributed by atoms with E-state index in [1.165, 1.54) is 0 Å². The molecule has 8 heteroatoms. The first-order valence-electron chi connectivity index (χ1n) is 6.17. The van der Waals surface area contributed by atoms with E-state index < -0.39 is 18.0 Å². The molecule has 0 fully saturated rings. The number of oxime groups is 1. The molecule has 1 aliphatic rings. The summed E-state index contributed by atoms with van der Waals surface area (Å²) in [5.74, 6) is -0.459. The number of hydrazine groups is 1. The second kappa shape index (κ2) is 6.50. The number of urea groups is 1. The second-order valence-corrected chi connectivity index (χ2v) is 4.05. The zero-order valence-corrected chi connectivity index (χ0v) is 10.9. The normalized spacial score (nSPS) is 16.9. The molecule has 8 nitrogen and oxygen atoms in total. The Kier molecular flexibility index (Phi) is 4.48. The van der Waals surface area contributed by atoms with E-state index in [0.29, 0.717) is 18.7 Å². The molecule has 1 atom stereocenters. The molecule has 1 aromatic rings. The summed E-state index contributed by atoms with van der Waals surface area (Å²) in [6, 6.07) is 3.14. The van der Waals surface area contributed by atoms with Crippen LogP contribution >= 0.6 is 0 Å². The maximum atomic E-state index is 11.8. The van der Waals surface area contributed by atoms with Crippen LogP contribution in [-0.4, -0.2) is 35.3 Å². The summed E-state index contributed by atoms with van der Waals surface area (Å²) in [7, 11) is 0. The van der Waals surface area contributed by atoms with Crippen molar-refractivity contribution in [2.75, 3.05) is 6.54 Å². The first kappa shape index (κ1) is 13.8. The van der Waals surface area contributed by atoms with Crippen LogP contribution in [0.5, 0.6) is 0 Å². The van der Waals surface area contributed by atoms with Gasteiger partial charge in [-0.15, -0.1) is 0 Å². The fourth-order valence-corrected chi connectivity index (χ4v) is 1.63. The number of carbonyl (C=O) groups excluding carboxylic acids is 2. The summed E-state index contributed by atoms with van der Waals surface area (Å²) in [4.78, 5) is 31.9. The van der Waals surface area contributed by atoms with Gasteiger partial charge in [-0.2, -0.15) is 0 Å². The monoisotopic (exact) mass is 277 g/mol. The number of amides is 3. The molecule has 2 rings (SSSR count). The first-order valence-corrected chi connectivity index (χ1v) is 6.17. The minimum atomic E-state index is -0.757. The molecule has 0 aliphatic carbocycles. The molecule has 0 saturated heterocycles. The number of nitrogens with one attached hydrogen (secondary N) is 3. The van der Waals surface area contributed by atoms with Gasteiger partial charge in [0.1, 0.15) is 0 Å². The van der Waals surface area contributed by atoms with Crippen LogP contribution in [0.15, 0.2) is 29.7 Å². The van der Waals surface area contributed by atoms with Gasteiger partial charge in [-0.05, 0) is 19.1 Å². The van der Waals surface area contributed by atoms with Crippen LogP contribution in [0.25, 0.3) is 0 Å². The number of pyridine rings is 1. The largest absolute Gasteiger partial charge is 0.382 e. The van der Waals surface area contributed by atoms with Gasteiger partial charge in [0.15, 0.2) is 0 Å². The fourth-order valence-electron chi connectivity index (χ4n) is 1.63. The number of nitrogens with zero attached hydrogens (tertiary/aromatic N) is 2. The van der Waals surface area contributed by atoms with Gasteiger partial charge in [-0.3, -0.25) is 15.2 Å². The first-order chi connectivity index (χ1) is 9.70. The van der Waals surface area contributed by atoms with Crippen molar-refractivity contribution in [1.82, 2.24) is 21.2 Å². The molecular weight excluding hydrogens is 262 g/mol. The lowest BCUT2D eigenvalue weighted by atomic mass is 10.1. The Labute approximate surface area is 115 Å². The molecule has 0 radical (unpaired) electrons.